The van der Waals surface area contributed by atoms with Gasteiger partial charge in [0.2, 0.25) is 0 Å². The maximum atomic E-state index is 12.3. The van der Waals surface area contributed by atoms with Crippen LogP contribution in [0.25, 0.3) is 0 Å². The molecule has 1 unspecified atom stereocenters. The zero-order valence-electron chi connectivity index (χ0n) is 13.9. The quantitative estimate of drug-likeness (QED) is 0.625. The Morgan fingerprint density at radius 2 is 2.00 bits per heavy atom. The molecule has 0 aromatic heterocycles. The van der Waals surface area contributed by atoms with Crippen LogP contribution in [0, 0.1) is 6.92 Å². The van der Waals surface area contributed by atoms with Crippen molar-refractivity contribution < 1.29 is 23.0 Å². The third-order valence-electron chi connectivity index (χ3n) is 3.01. The molecule has 1 N–H and O–H groups in total. The van der Waals surface area contributed by atoms with Crippen molar-refractivity contribution in [3.05, 3.63) is 23.8 Å². The Morgan fingerprint density at radius 3 is 2.61 bits per heavy atom. The van der Waals surface area contributed by atoms with Gasteiger partial charge in [-0.15, -0.1) is 0 Å². The molecule has 0 spiro atoms. The van der Waals surface area contributed by atoms with Gasteiger partial charge in [0.25, 0.3) is 11.3 Å². The minimum absolute atomic E-state index is 0.335. The lowest BCUT2D eigenvalue weighted by Crippen LogP contribution is -2.34. The summed E-state index contributed by atoms with van der Waals surface area (Å²) in [4.78, 5) is 10.9. The van der Waals surface area contributed by atoms with E-state index in [0.717, 1.165) is 18.4 Å². The lowest BCUT2D eigenvalue weighted by atomic mass is 10.2. The first-order valence-corrected chi connectivity index (χ1v) is 8.81. The number of ether oxygens (including phenoxy) is 1. The second kappa shape index (κ2) is 10.2. The molecule has 1 aromatic carbocycles. The van der Waals surface area contributed by atoms with Crippen molar-refractivity contribution in [3.63, 3.8) is 0 Å². The fraction of sp³-hybridized carbons (Fsp3) is 0.562. The van der Waals surface area contributed by atoms with Crippen molar-refractivity contribution in [1.82, 2.24) is 4.31 Å². The molecular formula is C16H25NO5S. The van der Waals surface area contributed by atoms with Crippen LogP contribution in [0.15, 0.2) is 18.2 Å². The van der Waals surface area contributed by atoms with E-state index >= 15 is 0 Å². The van der Waals surface area contributed by atoms with Crippen LogP contribution in [-0.2, 0) is 16.1 Å². The van der Waals surface area contributed by atoms with Crippen molar-refractivity contribution in [3.8, 4) is 11.5 Å². The van der Waals surface area contributed by atoms with Gasteiger partial charge >= 0.3 is 5.97 Å². The standard InChI is InChI=1S/C16H25NO5S/c1-4-6-10-21-14-8-7-13(3)11-15(14)22-23(20)17(9-5-2)12-16(18)19/h7-8,11H,4-6,9-10,12H2,1-3H3,(H,18,19). The lowest BCUT2D eigenvalue weighted by molar-refractivity contribution is -0.137. The van der Waals surface area contributed by atoms with Gasteiger partial charge in [0, 0.05) is 6.54 Å². The van der Waals surface area contributed by atoms with Crippen molar-refractivity contribution in [1.29, 1.82) is 0 Å². The highest BCUT2D eigenvalue weighted by atomic mass is 32.2. The monoisotopic (exact) mass is 343 g/mol. The molecule has 0 amide bonds. The third kappa shape index (κ3) is 7.00. The zero-order chi connectivity index (χ0) is 17.2. The molecule has 0 fully saturated rings. The van der Waals surface area contributed by atoms with E-state index in [1.807, 2.05) is 19.9 Å². The highest BCUT2D eigenvalue weighted by Crippen LogP contribution is 2.29. The summed E-state index contributed by atoms with van der Waals surface area (Å²) in [6, 6.07) is 5.40. The Morgan fingerprint density at radius 1 is 1.26 bits per heavy atom. The number of hydrogen-bond donors (Lipinski definition) is 1. The van der Waals surface area contributed by atoms with Gasteiger partial charge in [0.05, 0.1) is 6.61 Å². The zero-order valence-corrected chi connectivity index (χ0v) is 14.7. The van der Waals surface area contributed by atoms with E-state index in [1.165, 1.54) is 4.31 Å². The molecule has 7 heteroatoms. The molecule has 0 radical (unpaired) electrons. The Hall–Kier alpha value is -1.60. The summed E-state index contributed by atoms with van der Waals surface area (Å²) in [5.74, 6) is -0.158. The maximum Gasteiger partial charge on any atom is 0.318 e. The van der Waals surface area contributed by atoms with Crippen molar-refractivity contribution >= 4 is 17.2 Å². The summed E-state index contributed by atoms with van der Waals surface area (Å²) < 4.78 is 24.7. The smallest absolute Gasteiger partial charge is 0.318 e. The fourth-order valence-corrected chi connectivity index (χ4v) is 2.80. The van der Waals surface area contributed by atoms with Crippen LogP contribution < -0.4 is 8.92 Å². The van der Waals surface area contributed by atoms with Crippen LogP contribution in [0.2, 0.25) is 0 Å². The van der Waals surface area contributed by atoms with Crippen molar-refractivity contribution in [2.24, 2.45) is 0 Å². The molecule has 0 heterocycles. The van der Waals surface area contributed by atoms with Crippen LogP contribution in [0.3, 0.4) is 0 Å². The normalized spacial score (nSPS) is 12.2. The highest BCUT2D eigenvalue weighted by Gasteiger charge is 2.19. The molecule has 6 nitrogen and oxygen atoms in total. The van der Waals surface area contributed by atoms with Gasteiger partial charge in [0.15, 0.2) is 11.5 Å². The number of hydrogen-bond acceptors (Lipinski definition) is 4. The van der Waals surface area contributed by atoms with Crippen LogP contribution in [0.1, 0.15) is 38.7 Å². The first kappa shape index (κ1) is 19.4. The van der Waals surface area contributed by atoms with Gasteiger partial charge in [0.1, 0.15) is 6.54 Å². The number of rotatable bonds is 11. The van der Waals surface area contributed by atoms with Gasteiger partial charge in [-0.05, 0) is 37.5 Å². The molecule has 0 aliphatic rings. The highest BCUT2D eigenvalue weighted by molar-refractivity contribution is 7.78. The average molecular weight is 343 g/mol. The van der Waals surface area contributed by atoms with Gasteiger partial charge in [-0.2, -0.15) is 8.51 Å². The lowest BCUT2D eigenvalue weighted by Gasteiger charge is -2.19. The minimum atomic E-state index is -1.88. The van der Waals surface area contributed by atoms with E-state index in [2.05, 4.69) is 6.92 Å². The summed E-state index contributed by atoms with van der Waals surface area (Å²) in [6.45, 7) is 6.44. The first-order valence-electron chi connectivity index (χ1n) is 7.78. The Bertz CT molecular complexity index is 535. The van der Waals surface area contributed by atoms with E-state index in [4.69, 9.17) is 14.0 Å². The molecule has 0 saturated heterocycles. The van der Waals surface area contributed by atoms with E-state index < -0.39 is 17.2 Å². The van der Waals surface area contributed by atoms with Crippen LogP contribution in [-0.4, -0.2) is 39.3 Å². The number of benzene rings is 1. The Kier molecular flexibility index (Phi) is 8.65. The number of carboxylic acid groups (broad SMARTS) is 1. The summed E-state index contributed by atoms with van der Waals surface area (Å²) in [5, 5.41) is 8.91. The third-order valence-corrected chi connectivity index (χ3v) is 4.07. The molecule has 1 atom stereocenters. The SMILES string of the molecule is CCCCOc1ccc(C)cc1OS(=O)N(CCC)CC(=O)O. The second-order valence-corrected chi connectivity index (χ2v) is 6.33. The number of carboxylic acids is 1. The van der Waals surface area contributed by atoms with Crippen LogP contribution in [0.4, 0.5) is 0 Å². The van der Waals surface area contributed by atoms with Gasteiger partial charge in [-0.25, -0.2) is 0 Å². The molecule has 1 aromatic rings. The average Bonchev–Trinajstić information content (AvgIpc) is 2.48. The summed E-state index contributed by atoms with van der Waals surface area (Å²) in [5.41, 5.74) is 0.945. The Balaban J connectivity index is 2.85. The summed E-state index contributed by atoms with van der Waals surface area (Å²) in [6.07, 6.45) is 2.60. The second-order valence-electron chi connectivity index (χ2n) is 5.21. The molecule has 23 heavy (non-hydrogen) atoms. The molecule has 0 saturated carbocycles. The molecule has 130 valence electrons. The number of aliphatic carboxylic acids is 1. The Labute approximate surface area is 140 Å². The topological polar surface area (TPSA) is 76.1 Å². The summed E-state index contributed by atoms with van der Waals surface area (Å²) in [7, 11) is 0. The maximum absolute atomic E-state index is 12.3. The molecular weight excluding hydrogens is 318 g/mol. The molecule has 0 aliphatic heterocycles. The van der Waals surface area contributed by atoms with Crippen LogP contribution in [0.5, 0.6) is 11.5 Å². The molecule has 0 bridgehead atoms. The largest absolute Gasteiger partial charge is 0.490 e. The van der Waals surface area contributed by atoms with E-state index in [-0.39, 0.29) is 6.54 Å². The number of nitrogens with zero attached hydrogens (tertiary/aromatic N) is 1. The fourth-order valence-electron chi connectivity index (χ4n) is 1.86. The van der Waals surface area contributed by atoms with Gasteiger partial charge in [-0.3, -0.25) is 4.79 Å². The van der Waals surface area contributed by atoms with Crippen LogP contribution >= 0.6 is 0 Å². The molecule has 1 rings (SSSR count). The number of carbonyl (C=O) groups is 1. The van der Waals surface area contributed by atoms with Crippen molar-refractivity contribution in [2.45, 2.75) is 40.0 Å². The van der Waals surface area contributed by atoms with E-state index in [1.54, 1.807) is 12.1 Å². The number of aryl methyl sites for hydroxylation is 1. The number of unbranched alkanes of at least 4 members (excludes halogenated alkanes) is 1. The molecule has 0 aliphatic carbocycles. The van der Waals surface area contributed by atoms with E-state index in [0.29, 0.717) is 31.1 Å². The summed E-state index contributed by atoms with van der Waals surface area (Å²) >= 11 is -1.88. The first-order chi connectivity index (χ1) is 11.0. The predicted octanol–water partition coefficient (Wildman–Crippen LogP) is 2.93. The predicted molar refractivity (Wildman–Crippen MR) is 89.9 cm³/mol. The van der Waals surface area contributed by atoms with Crippen molar-refractivity contribution in [2.75, 3.05) is 19.7 Å². The van der Waals surface area contributed by atoms with Gasteiger partial charge in [-0.1, -0.05) is 26.3 Å². The van der Waals surface area contributed by atoms with Gasteiger partial charge < -0.3 is 14.0 Å². The van der Waals surface area contributed by atoms with E-state index in [9.17, 15) is 9.00 Å². The minimum Gasteiger partial charge on any atom is -0.490 e.